The van der Waals surface area contributed by atoms with Crippen molar-refractivity contribution in [3.8, 4) is 0 Å². The highest BCUT2D eigenvalue weighted by Gasteiger charge is 2.35. The van der Waals surface area contributed by atoms with Crippen LogP contribution >= 0.6 is 0 Å². The van der Waals surface area contributed by atoms with Gasteiger partial charge in [-0.15, -0.1) is 0 Å². The second kappa shape index (κ2) is 4.29. The average molecular weight is 208 g/mol. The lowest BCUT2D eigenvalue weighted by Gasteiger charge is -2.16. The van der Waals surface area contributed by atoms with Crippen LogP contribution in [0.5, 0.6) is 0 Å². The molecule has 0 unspecified atom stereocenters. The van der Waals surface area contributed by atoms with Crippen LogP contribution in [0.4, 0.5) is 4.79 Å². The number of hydrogen-bond acceptors (Lipinski definition) is 2. The number of hydrogen-bond donors (Lipinski definition) is 0. The van der Waals surface area contributed by atoms with E-state index in [2.05, 4.69) is 13.2 Å². The van der Waals surface area contributed by atoms with E-state index >= 15 is 0 Å². The highest BCUT2D eigenvalue weighted by molar-refractivity contribution is 6.02. The third-order valence-electron chi connectivity index (χ3n) is 2.02. The first-order valence-electron chi connectivity index (χ1n) is 4.80. The molecule has 0 saturated carbocycles. The number of urea groups is 1. The molecule has 0 aromatic rings. The molecule has 15 heavy (non-hydrogen) atoms. The van der Waals surface area contributed by atoms with Gasteiger partial charge in [-0.2, -0.15) is 0 Å². The molecule has 0 aliphatic carbocycles. The Balaban J connectivity index is 2.70. The first-order valence-corrected chi connectivity index (χ1v) is 4.80. The van der Waals surface area contributed by atoms with Crippen molar-refractivity contribution in [3.05, 3.63) is 24.3 Å². The van der Waals surface area contributed by atoms with E-state index < -0.39 is 0 Å². The zero-order valence-corrected chi connectivity index (χ0v) is 9.25. The van der Waals surface area contributed by atoms with E-state index in [1.165, 1.54) is 9.80 Å². The SMILES string of the molecule is C=C(C)CN1CC(=O)N(CC(=C)C)C1=O. The summed E-state index contributed by atoms with van der Waals surface area (Å²) in [7, 11) is 0. The van der Waals surface area contributed by atoms with Gasteiger partial charge in [0.05, 0.1) is 6.54 Å². The number of amides is 3. The fourth-order valence-corrected chi connectivity index (χ4v) is 1.47. The molecule has 82 valence electrons. The number of carbonyl (C=O) groups excluding carboxylic acids is 2. The van der Waals surface area contributed by atoms with Gasteiger partial charge in [0.1, 0.15) is 6.54 Å². The Kier molecular flexibility index (Phi) is 3.29. The lowest BCUT2D eigenvalue weighted by molar-refractivity contribution is -0.125. The van der Waals surface area contributed by atoms with Crippen LogP contribution in [0.3, 0.4) is 0 Å². The molecule has 0 bridgehead atoms. The Morgan fingerprint density at radius 2 is 1.73 bits per heavy atom. The molecular weight excluding hydrogens is 192 g/mol. The van der Waals surface area contributed by atoms with Crippen LogP contribution in [0, 0.1) is 0 Å². The molecule has 1 aliphatic rings. The van der Waals surface area contributed by atoms with Crippen molar-refractivity contribution in [2.45, 2.75) is 13.8 Å². The maximum absolute atomic E-state index is 11.7. The highest BCUT2D eigenvalue weighted by Crippen LogP contribution is 2.12. The molecule has 1 rings (SSSR count). The van der Waals surface area contributed by atoms with Crippen molar-refractivity contribution in [1.82, 2.24) is 9.80 Å². The topological polar surface area (TPSA) is 40.6 Å². The first-order chi connectivity index (χ1) is 6.91. The van der Waals surface area contributed by atoms with Gasteiger partial charge < -0.3 is 4.90 Å². The molecular formula is C11H16N2O2. The van der Waals surface area contributed by atoms with E-state index in [-0.39, 0.29) is 18.5 Å². The highest BCUT2D eigenvalue weighted by atomic mass is 16.2. The number of rotatable bonds is 4. The maximum Gasteiger partial charge on any atom is 0.327 e. The molecule has 1 fully saturated rings. The van der Waals surface area contributed by atoms with Crippen molar-refractivity contribution in [1.29, 1.82) is 0 Å². The minimum absolute atomic E-state index is 0.152. The molecule has 0 spiro atoms. The van der Waals surface area contributed by atoms with E-state index in [1.807, 2.05) is 6.92 Å². The van der Waals surface area contributed by atoms with Gasteiger partial charge >= 0.3 is 6.03 Å². The van der Waals surface area contributed by atoms with Gasteiger partial charge in [-0.3, -0.25) is 9.69 Å². The Morgan fingerprint density at radius 3 is 2.20 bits per heavy atom. The van der Waals surface area contributed by atoms with Gasteiger partial charge in [-0.05, 0) is 13.8 Å². The molecule has 4 nitrogen and oxygen atoms in total. The molecule has 0 radical (unpaired) electrons. The number of carbonyl (C=O) groups is 2. The molecule has 0 N–H and O–H groups in total. The van der Waals surface area contributed by atoms with E-state index in [1.54, 1.807) is 6.92 Å². The Labute approximate surface area is 89.8 Å². The van der Waals surface area contributed by atoms with Gasteiger partial charge in [0, 0.05) is 6.54 Å². The predicted molar refractivity (Wildman–Crippen MR) is 58.3 cm³/mol. The fourth-order valence-electron chi connectivity index (χ4n) is 1.47. The summed E-state index contributed by atoms with van der Waals surface area (Å²) in [5.74, 6) is -0.163. The summed E-state index contributed by atoms with van der Waals surface area (Å²) in [5.41, 5.74) is 1.67. The van der Waals surface area contributed by atoms with Crippen LogP contribution in [0.2, 0.25) is 0 Å². The van der Waals surface area contributed by atoms with Gasteiger partial charge in [0.2, 0.25) is 0 Å². The van der Waals surface area contributed by atoms with Crippen LogP contribution in [0.1, 0.15) is 13.8 Å². The van der Waals surface area contributed by atoms with Gasteiger partial charge in [-0.25, -0.2) is 4.79 Å². The average Bonchev–Trinajstić information content (AvgIpc) is 2.31. The third kappa shape index (κ3) is 2.68. The summed E-state index contributed by atoms with van der Waals surface area (Å²) in [6.07, 6.45) is 0. The lowest BCUT2D eigenvalue weighted by Crippen LogP contribution is -2.34. The fraction of sp³-hybridized carbons (Fsp3) is 0.455. The summed E-state index contributed by atoms with van der Waals surface area (Å²) < 4.78 is 0. The second-order valence-electron chi connectivity index (χ2n) is 4.03. The van der Waals surface area contributed by atoms with Crippen molar-refractivity contribution in [2.24, 2.45) is 0 Å². The zero-order valence-electron chi connectivity index (χ0n) is 9.25. The van der Waals surface area contributed by atoms with Crippen LogP contribution in [-0.4, -0.2) is 41.4 Å². The summed E-state index contributed by atoms with van der Waals surface area (Å²) in [6.45, 7) is 11.9. The van der Waals surface area contributed by atoms with E-state index in [9.17, 15) is 9.59 Å². The minimum Gasteiger partial charge on any atom is -0.311 e. The summed E-state index contributed by atoms with van der Waals surface area (Å²) in [5, 5.41) is 0. The van der Waals surface area contributed by atoms with Crippen LogP contribution in [0.25, 0.3) is 0 Å². The third-order valence-corrected chi connectivity index (χ3v) is 2.02. The quantitative estimate of drug-likeness (QED) is 0.517. The smallest absolute Gasteiger partial charge is 0.311 e. The normalized spacial score (nSPS) is 16.1. The minimum atomic E-state index is -0.244. The lowest BCUT2D eigenvalue weighted by atomic mass is 10.3. The van der Waals surface area contributed by atoms with Crippen molar-refractivity contribution in [3.63, 3.8) is 0 Å². The molecule has 0 atom stereocenters. The molecule has 4 heteroatoms. The first kappa shape index (κ1) is 11.5. The summed E-state index contributed by atoms with van der Waals surface area (Å²) in [4.78, 5) is 26.0. The van der Waals surface area contributed by atoms with Crippen molar-refractivity contribution >= 4 is 11.9 Å². The standard InChI is InChI=1S/C11H16N2O2/c1-8(2)5-12-7-10(14)13(11(12)15)6-9(3)4/h1,3,5-7H2,2,4H3. The van der Waals surface area contributed by atoms with Crippen molar-refractivity contribution in [2.75, 3.05) is 19.6 Å². The Bertz CT molecular complexity index is 333. The molecule has 0 aromatic carbocycles. The number of nitrogens with zero attached hydrogens (tertiary/aromatic N) is 2. The molecule has 1 heterocycles. The molecule has 1 saturated heterocycles. The summed E-state index contributed by atoms with van der Waals surface area (Å²) >= 11 is 0. The Morgan fingerprint density at radius 1 is 1.20 bits per heavy atom. The monoisotopic (exact) mass is 208 g/mol. The van der Waals surface area contributed by atoms with Crippen LogP contribution in [0.15, 0.2) is 24.3 Å². The Hall–Kier alpha value is -1.58. The van der Waals surface area contributed by atoms with E-state index in [4.69, 9.17) is 0 Å². The largest absolute Gasteiger partial charge is 0.327 e. The molecule has 0 aromatic heterocycles. The molecule has 1 aliphatic heterocycles. The molecule has 3 amide bonds. The van der Waals surface area contributed by atoms with Crippen molar-refractivity contribution < 1.29 is 9.59 Å². The van der Waals surface area contributed by atoms with Crippen LogP contribution in [-0.2, 0) is 4.79 Å². The van der Waals surface area contributed by atoms with E-state index in [0.717, 1.165) is 11.1 Å². The number of imide groups is 1. The second-order valence-corrected chi connectivity index (χ2v) is 4.03. The predicted octanol–water partition coefficient (Wildman–Crippen LogP) is 1.40. The van der Waals surface area contributed by atoms with Gasteiger partial charge in [0.25, 0.3) is 5.91 Å². The van der Waals surface area contributed by atoms with E-state index in [0.29, 0.717) is 13.1 Å². The van der Waals surface area contributed by atoms with Gasteiger partial charge in [-0.1, -0.05) is 24.3 Å². The maximum atomic E-state index is 11.7. The van der Waals surface area contributed by atoms with Crippen LogP contribution < -0.4 is 0 Å². The zero-order chi connectivity index (χ0) is 11.6. The van der Waals surface area contributed by atoms with Gasteiger partial charge in [0.15, 0.2) is 0 Å². The summed E-state index contributed by atoms with van der Waals surface area (Å²) in [6, 6.07) is -0.244.